The second-order valence-electron chi connectivity index (χ2n) is 4.11. The maximum Gasteiger partial charge on any atom is 0.0879 e. The van der Waals surface area contributed by atoms with Crippen molar-refractivity contribution in [3.8, 4) is 0 Å². The van der Waals surface area contributed by atoms with E-state index in [9.17, 15) is 0 Å². The molecule has 0 aromatic carbocycles. The highest BCUT2D eigenvalue weighted by molar-refractivity contribution is 4.95. The van der Waals surface area contributed by atoms with Crippen LogP contribution < -0.4 is 11.6 Å². The molecule has 0 aliphatic heterocycles. The number of nitrogens with zero attached hydrogens (tertiary/aromatic N) is 1. The number of nitrogens with two attached hydrogens (primary N) is 2. The maximum absolute atomic E-state index is 5.78. The Bertz CT molecular complexity index is 200. The van der Waals surface area contributed by atoms with Gasteiger partial charge in [-0.25, -0.2) is 5.84 Å². The SMILES string of the molecule is CCN(N)/C=C(\N)COC1CCCCC1. The minimum atomic E-state index is 0.401. The summed E-state index contributed by atoms with van der Waals surface area (Å²) in [4.78, 5) is 0. The van der Waals surface area contributed by atoms with Gasteiger partial charge in [0.15, 0.2) is 0 Å². The lowest BCUT2D eigenvalue weighted by atomic mass is 9.98. The summed E-state index contributed by atoms with van der Waals surface area (Å²) < 4.78 is 5.71. The molecule has 15 heavy (non-hydrogen) atoms. The second-order valence-corrected chi connectivity index (χ2v) is 4.11. The third-order valence-corrected chi connectivity index (χ3v) is 2.73. The third-order valence-electron chi connectivity index (χ3n) is 2.73. The Morgan fingerprint density at radius 2 is 2.07 bits per heavy atom. The smallest absolute Gasteiger partial charge is 0.0879 e. The molecule has 88 valence electrons. The van der Waals surface area contributed by atoms with E-state index in [-0.39, 0.29) is 0 Å². The summed E-state index contributed by atoms with van der Waals surface area (Å²) in [6.07, 6.45) is 8.40. The molecule has 0 amide bonds. The molecule has 4 N–H and O–H groups in total. The van der Waals surface area contributed by atoms with Gasteiger partial charge < -0.3 is 15.5 Å². The molecule has 4 heteroatoms. The van der Waals surface area contributed by atoms with Crippen LogP contribution >= 0.6 is 0 Å². The van der Waals surface area contributed by atoms with Crippen LogP contribution in [0.4, 0.5) is 0 Å². The summed E-state index contributed by atoms with van der Waals surface area (Å²) >= 11 is 0. The van der Waals surface area contributed by atoms with Gasteiger partial charge in [-0.15, -0.1) is 0 Å². The number of hydrogen-bond acceptors (Lipinski definition) is 4. The molecular weight excluding hydrogens is 190 g/mol. The topological polar surface area (TPSA) is 64.5 Å². The Balaban J connectivity index is 2.20. The van der Waals surface area contributed by atoms with Crippen molar-refractivity contribution in [2.24, 2.45) is 11.6 Å². The van der Waals surface area contributed by atoms with Crippen LogP contribution in [0.15, 0.2) is 11.9 Å². The van der Waals surface area contributed by atoms with E-state index in [1.807, 2.05) is 6.92 Å². The molecular formula is C11H23N3O. The standard InChI is InChI=1S/C11H23N3O/c1-2-14(13)8-10(12)9-15-11-6-4-3-5-7-11/h8,11H,2-7,9,12-13H2,1H3/b10-8-. The summed E-state index contributed by atoms with van der Waals surface area (Å²) in [7, 11) is 0. The molecule has 0 spiro atoms. The van der Waals surface area contributed by atoms with Crippen molar-refractivity contribution < 1.29 is 4.74 Å². The first kappa shape index (κ1) is 12.3. The van der Waals surface area contributed by atoms with E-state index in [4.69, 9.17) is 16.3 Å². The molecule has 4 nitrogen and oxygen atoms in total. The summed E-state index contributed by atoms with van der Waals surface area (Å²) in [5.74, 6) is 5.60. The van der Waals surface area contributed by atoms with E-state index in [0.717, 1.165) is 6.54 Å². The molecule has 0 aromatic heterocycles. The predicted molar refractivity (Wildman–Crippen MR) is 61.7 cm³/mol. The van der Waals surface area contributed by atoms with E-state index in [1.54, 1.807) is 11.2 Å². The zero-order valence-electron chi connectivity index (χ0n) is 9.61. The summed E-state index contributed by atoms with van der Waals surface area (Å²) in [6.45, 7) is 3.23. The van der Waals surface area contributed by atoms with Crippen LogP contribution in [0.5, 0.6) is 0 Å². The van der Waals surface area contributed by atoms with Gasteiger partial charge in [0.25, 0.3) is 0 Å². The highest BCUT2D eigenvalue weighted by Crippen LogP contribution is 2.20. The first-order chi connectivity index (χ1) is 7.22. The van der Waals surface area contributed by atoms with Gasteiger partial charge >= 0.3 is 0 Å². The van der Waals surface area contributed by atoms with Gasteiger partial charge in [-0.2, -0.15) is 0 Å². The Kier molecular flexibility index (Phi) is 5.50. The Hall–Kier alpha value is -0.740. The van der Waals surface area contributed by atoms with Crippen LogP contribution in [0.25, 0.3) is 0 Å². The Morgan fingerprint density at radius 1 is 1.40 bits per heavy atom. The van der Waals surface area contributed by atoms with Gasteiger partial charge in [-0.3, -0.25) is 0 Å². The first-order valence-corrected chi connectivity index (χ1v) is 5.81. The molecule has 0 saturated heterocycles. The van der Waals surface area contributed by atoms with Gasteiger partial charge in [0, 0.05) is 12.7 Å². The van der Waals surface area contributed by atoms with E-state index < -0.39 is 0 Å². The molecule has 1 rings (SSSR count). The lowest BCUT2D eigenvalue weighted by Gasteiger charge is -2.22. The second kappa shape index (κ2) is 6.69. The molecule has 1 aliphatic carbocycles. The average molecular weight is 213 g/mol. The number of hydrazine groups is 1. The highest BCUT2D eigenvalue weighted by atomic mass is 16.5. The van der Waals surface area contributed by atoms with Crippen LogP contribution in [-0.2, 0) is 4.74 Å². The lowest BCUT2D eigenvalue weighted by Crippen LogP contribution is -2.27. The van der Waals surface area contributed by atoms with E-state index in [0.29, 0.717) is 18.4 Å². The fraction of sp³-hybridized carbons (Fsp3) is 0.818. The van der Waals surface area contributed by atoms with Gasteiger partial charge in [-0.1, -0.05) is 19.3 Å². The summed E-state index contributed by atoms with van der Waals surface area (Å²) in [5.41, 5.74) is 6.48. The van der Waals surface area contributed by atoms with Crippen molar-refractivity contribution in [2.45, 2.75) is 45.1 Å². The molecule has 1 fully saturated rings. The van der Waals surface area contributed by atoms with Gasteiger partial charge in [0.2, 0.25) is 0 Å². The lowest BCUT2D eigenvalue weighted by molar-refractivity contribution is 0.0416. The van der Waals surface area contributed by atoms with Crippen molar-refractivity contribution in [2.75, 3.05) is 13.2 Å². The molecule has 0 aromatic rings. The maximum atomic E-state index is 5.78. The summed E-state index contributed by atoms with van der Waals surface area (Å²) in [5, 5.41) is 1.57. The molecule has 0 bridgehead atoms. The van der Waals surface area contributed by atoms with Gasteiger partial charge in [-0.05, 0) is 19.8 Å². The first-order valence-electron chi connectivity index (χ1n) is 5.81. The van der Waals surface area contributed by atoms with Crippen LogP contribution in [-0.4, -0.2) is 24.3 Å². The van der Waals surface area contributed by atoms with E-state index >= 15 is 0 Å². The number of hydrogen-bond donors (Lipinski definition) is 2. The van der Waals surface area contributed by atoms with Crippen LogP contribution in [0.2, 0.25) is 0 Å². The summed E-state index contributed by atoms with van der Waals surface area (Å²) in [6, 6.07) is 0. The normalized spacial score (nSPS) is 19.2. The number of rotatable bonds is 5. The van der Waals surface area contributed by atoms with Crippen LogP contribution in [0, 0.1) is 0 Å². The molecule has 0 unspecified atom stereocenters. The monoisotopic (exact) mass is 213 g/mol. The molecule has 0 atom stereocenters. The molecule has 1 aliphatic rings. The fourth-order valence-corrected chi connectivity index (χ4v) is 1.79. The van der Waals surface area contributed by atoms with Crippen molar-refractivity contribution in [3.63, 3.8) is 0 Å². The zero-order valence-corrected chi connectivity index (χ0v) is 9.61. The van der Waals surface area contributed by atoms with Gasteiger partial charge in [0.1, 0.15) is 0 Å². The molecule has 1 saturated carbocycles. The van der Waals surface area contributed by atoms with Gasteiger partial charge in [0.05, 0.1) is 18.4 Å². The predicted octanol–water partition coefficient (Wildman–Crippen LogP) is 1.33. The van der Waals surface area contributed by atoms with Crippen molar-refractivity contribution in [1.29, 1.82) is 0 Å². The minimum Gasteiger partial charge on any atom is -0.399 e. The Labute approximate surface area is 92.2 Å². The fourth-order valence-electron chi connectivity index (χ4n) is 1.79. The number of ether oxygens (including phenoxy) is 1. The van der Waals surface area contributed by atoms with Crippen LogP contribution in [0.1, 0.15) is 39.0 Å². The largest absolute Gasteiger partial charge is 0.399 e. The molecule has 0 heterocycles. The van der Waals surface area contributed by atoms with Crippen molar-refractivity contribution in [3.05, 3.63) is 11.9 Å². The molecule has 0 radical (unpaired) electrons. The highest BCUT2D eigenvalue weighted by Gasteiger charge is 2.13. The quantitative estimate of drug-likeness (QED) is 0.534. The van der Waals surface area contributed by atoms with E-state index in [2.05, 4.69) is 0 Å². The van der Waals surface area contributed by atoms with Crippen molar-refractivity contribution in [1.82, 2.24) is 5.01 Å². The van der Waals surface area contributed by atoms with E-state index in [1.165, 1.54) is 32.1 Å². The minimum absolute atomic E-state index is 0.401. The average Bonchev–Trinajstić information content (AvgIpc) is 2.27. The zero-order chi connectivity index (χ0) is 11.1. The third kappa shape index (κ3) is 5.04. The van der Waals surface area contributed by atoms with Crippen LogP contribution in [0.3, 0.4) is 0 Å². The van der Waals surface area contributed by atoms with Crippen molar-refractivity contribution >= 4 is 0 Å². The Morgan fingerprint density at radius 3 is 2.67 bits per heavy atom.